The molecule has 0 radical (unpaired) electrons. The summed E-state index contributed by atoms with van der Waals surface area (Å²) in [5, 5.41) is 0. The average Bonchev–Trinajstić information content (AvgIpc) is 3.18. The van der Waals surface area contributed by atoms with Crippen LogP contribution in [0.25, 0.3) is 0 Å². The number of hydrogen-bond acceptors (Lipinski definition) is 3. The van der Waals surface area contributed by atoms with E-state index in [1.165, 1.54) is 6.07 Å². The first-order valence-electron chi connectivity index (χ1n) is 6.54. The van der Waals surface area contributed by atoms with Crippen LogP contribution in [-0.4, -0.2) is 36.0 Å². The molecule has 2 aliphatic rings. The molecule has 1 aromatic rings. The van der Waals surface area contributed by atoms with Gasteiger partial charge >= 0.3 is 0 Å². The second-order valence-electron chi connectivity index (χ2n) is 5.29. The van der Waals surface area contributed by atoms with Gasteiger partial charge in [-0.3, -0.25) is 4.79 Å². The highest BCUT2D eigenvalue weighted by atomic mass is 35.5. The molecule has 0 spiro atoms. The van der Waals surface area contributed by atoms with E-state index < -0.39 is 11.6 Å². The van der Waals surface area contributed by atoms with Gasteiger partial charge in [0.15, 0.2) is 0 Å². The monoisotopic (exact) mass is 300 g/mol. The third-order valence-corrected chi connectivity index (χ3v) is 3.82. The molecule has 1 atom stereocenters. The Labute approximate surface area is 123 Å². The third kappa shape index (κ3) is 2.80. The zero-order valence-electron chi connectivity index (χ0n) is 11.0. The Bertz CT molecular complexity index is 508. The molecule has 1 saturated carbocycles. The lowest BCUT2D eigenvalue weighted by Crippen LogP contribution is -2.50. The van der Waals surface area contributed by atoms with Crippen LogP contribution in [0, 0.1) is 5.82 Å². The van der Waals surface area contributed by atoms with Crippen molar-refractivity contribution in [3.05, 3.63) is 35.6 Å². The number of ether oxygens (including phenoxy) is 1. The summed E-state index contributed by atoms with van der Waals surface area (Å²) >= 11 is 0. The first-order valence-corrected chi connectivity index (χ1v) is 6.54. The Morgan fingerprint density at radius 3 is 2.75 bits per heavy atom. The summed E-state index contributed by atoms with van der Waals surface area (Å²) in [6, 6.07) is 6.52. The van der Waals surface area contributed by atoms with Crippen molar-refractivity contribution in [3.8, 4) is 0 Å². The molecule has 1 aromatic carbocycles. The van der Waals surface area contributed by atoms with Crippen LogP contribution in [0.3, 0.4) is 0 Å². The number of morpholine rings is 1. The van der Waals surface area contributed by atoms with E-state index in [-0.39, 0.29) is 24.1 Å². The van der Waals surface area contributed by atoms with Crippen LogP contribution in [0.2, 0.25) is 0 Å². The summed E-state index contributed by atoms with van der Waals surface area (Å²) in [7, 11) is 0. The van der Waals surface area contributed by atoms with Gasteiger partial charge in [-0.1, -0.05) is 18.2 Å². The topological polar surface area (TPSA) is 55.6 Å². The molecule has 2 fully saturated rings. The van der Waals surface area contributed by atoms with E-state index in [2.05, 4.69) is 0 Å². The van der Waals surface area contributed by atoms with E-state index in [9.17, 15) is 9.18 Å². The minimum Gasteiger partial charge on any atom is -0.370 e. The molecule has 1 unspecified atom stereocenters. The lowest BCUT2D eigenvalue weighted by atomic mass is 10.1. The standard InChI is InChI=1S/C14H17FN2O2.ClH/c15-11-4-2-1-3-10(11)12-9-17(7-8-19-12)13(18)14(16)5-6-14;/h1-4,12H,5-9,16H2;1H. The maximum Gasteiger partial charge on any atom is 0.242 e. The Morgan fingerprint density at radius 2 is 2.10 bits per heavy atom. The van der Waals surface area contributed by atoms with E-state index in [1.54, 1.807) is 23.1 Å². The molecule has 1 aliphatic heterocycles. The first-order chi connectivity index (χ1) is 9.10. The van der Waals surface area contributed by atoms with E-state index in [0.29, 0.717) is 25.3 Å². The fourth-order valence-electron chi connectivity index (χ4n) is 2.42. The van der Waals surface area contributed by atoms with Gasteiger partial charge in [0.2, 0.25) is 5.91 Å². The number of halogens is 2. The number of rotatable bonds is 2. The molecular formula is C14H18ClFN2O2. The van der Waals surface area contributed by atoms with Gasteiger partial charge < -0.3 is 15.4 Å². The van der Waals surface area contributed by atoms with E-state index >= 15 is 0 Å². The number of benzene rings is 1. The van der Waals surface area contributed by atoms with Gasteiger partial charge in [-0.25, -0.2) is 4.39 Å². The van der Waals surface area contributed by atoms with Crippen molar-refractivity contribution in [1.29, 1.82) is 0 Å². The van der Waals surface area contributed by atoms with Crippen molar-refractivity contribution in [3.63, 3.8) is 0 Å². The molecule has 20 heavy (non-hydrogen) atoms. The Hall–Kier alpha value is -1.17. The molecule has 4 nitrogen and oxygen atoms in total. The van der Waals surface area contributed by atoms with Crippen LogP contribution in [0.5, 0.6) is 0 Å². The van der Waals surface area contributed by atoms with Gasteiger partial charge in [0.1, 0.15) is 11.9 Å². The molecule has 1 heterocycles. The lowest BCUT2D eigenvalue weighted by molar-refractivity contribution is -0.141. The van der Waals surface area contributed by atoms with E-state index in [4.69, 9.17) is 10.5 Å². The number of carbonyl (C=O) groups excluding carboxylic acids is 1. The number of nitrogens with zero attached hydrogens (tertiary/aromatic N) is 1. The summed E-state index contributed by atoms with van der Waals surface area (Å²) in [6.07, 6.45) is 1.09. The van der Waals surface area contributed by atoms with Crippen molar-refractivity contribution >= 4 is 18.3 Å². The maximum atomic E-state index is 13.7. The third-order valence-electron chi connectivity index (χ3n) is 3.82. The van der Waals surface area contributed by atoms with Crippen LogP contribution in [-0.2, 0) is 9.53 Å². The minimum absolute atomic E-state index is 0. The highest BCUT2D eigenvalue weighted by Crippen LogP contribution is 2.35. The molecule has 6 heteroatoms. The quantitative estimate of drug-likeness (QED) is 0.903. The van der Waals surface area contributed by atoms with Crippen LogP contribution in [0.1, 0.15) is 24.5 Å². The average molecular weight is 301 g/mol. The zero-order chi connectivity index (χ0) is 13.5. The SMILES string of the molecule is Cl.NC1(C(=O)N2CCOC(c3ccccc3F)C2)CC1. The van der Waals surface area contributed by atoms with Crippen molar-refractivity contribution in [1.82, 2.24) is 4.90 Å². The van der Waals surface area contributed by atoms with E-state index in [0.717, 1.165) is 12.8 Å². The molecule has 2 N–H and O–H groups in total. The number of amides is 1. The van der Waals surface area contributed by atoms with Gasteiger partial charge in [-0.05, 0) is 18.9 Å². The van der Waals surface area contributed by atoms with Crippen molar-refractivity contribution in [2.75, 3.05) is 19.7 Å². The smallest absolute Gasteiger partial charge is 0.242 e. The Balaban J connectivity index is 0.00000147. The predicted molar refractivity (Wildman–Crippen MR) is 75.1 cm³/mol. The van der Waals surface area contributed by atoms with Crippen molar-refractivity contribution in [2.24, 2.45) is 5.73 Å². The fraction of sp³-hybridized carbons (Fsp3) is 0.500. The Kier molecular flexibility index (Phi) is 4.32. The second-order valence-corrected chi connectivity index (χ2v) is 5.29. The van der Waals surface area contributed by atoms with Crippen molar-refractivity contribution in [2.45, 2.75) is 24.5 Å². The van der Waals surface area contributed by atoms with Crippen molar-refractivity contribution < 1.29 is 13.9 Å². The van der Waals surface area contributed by atoms with Gasteiger partial charge in [0, 0.05) is 12.1 Å². The van der Waals surface area contributed by atoms with Crippen LogP contribution >= 0.6 is 12.4 Å². The molecule has 1 saturated heterocycles. The minimum atomic E-state index is -0.670. The van der Waals surface area contributed by atoms with E-state index in [1.807, 2.05) is 0 Å². The molecule has 0 aromatic heterocycles. The maximum absolute atomic E-state index is 13.7. The van der Waals surface area contributed by atoms with Gasteiger partial charge in [-0.2, -0.15) is 0 Å². The van der Waals surface area contributed by atoms with Crippen LogP contribution < -0.4 is 5.73 Å². The molecule has 110 valence electrons. The van der Waals surface area contributed by atoms with Gasteiger partial charge in [0.05, 0.1) is 18.7 Å². The highest BCUT2D eigenvalue weighted by Gasteiger charge is 2.48. The molecule has 1 amide bonds. The number of hydrogen-bond donors (Lipinski definition) is 1. The molecule has 1 aliphatic carbocycles. The van der Waals surface area contributed by atoms with Gasteiger partial charge in [0.25, 0.3) is 0 Å². The van der Waals surface area contributed by atoms with Crippen LogP contribution in [0.15, 0.2) is 24.3 Å². The number of nitrogens with two attached hydrogens (primary N) is 1. The van der Waals surface area contributed by atoms with Gasteiger partial charge in [-0.15, -0.1) is 12.4 Å². The summed E-state index contributed by atoms with van der Waals surface area (Å²) in [4.78, 5) is 13.9. The number of carbonyl (C=O) groups is 1. The molecule has 3 rings (SSSR count). The normalized spacial score (nSPS) is 23.9. The molecular weight excluding hydrogens is 283 g/mol. The Morgan fingerprint density at radius 1 is 1.40 bits per heavy atom. The summed E-state index contributed by atoms with van der Waals surface area (Å²) in [5.41, 5.74) is 5.76. The molecule has 0 bridgehead atoms. The zero-order valence-corrected chi connectivity index (χ0v) is 11.9. The largest absolute Gasteiger partial charge is 0.370 e. The lowest BCUT2D eigenvalue weighted by Gasteiger charge is -2.34. The van der Waals surface area contributed by atoms with Crippen LogP contribution in [0.4, 0.5) is 4.39 Å². The summed E-state index contributed by atoms with van der Waals surface area (Å²) in [6.45, 7) is 1.32. The second kappa shape index (κ2) is 5.68. The fourth-order valence-corrected chi connectivity index (χ4v) is 2.42. The summed E-state index contributed by atoms with van der Waals surface area (Å²) in [5.74, 6) is -0.326. The predicted octanol–water partition coefficient (Wildman–Crippen LogP) is 1.64. The summed E-state index contributed by atoms with van der Waals surface area (Å²) < 4.78 is 19.3. The highest BCUT2D eigenvalue weighted by molar-refractivity contribution is 5.89. The first kappa shape index (κ1) is 15.2.